The number of halogens is 3. The first-order chi connectivity index (χ1) is 11.3. The Morgan fingerprint density at radius 1 is 1.29 bits per heavy atom. The first-order valence-corrected chi connectivity index (χ1v) is 7.44. The van der Waals surface area contributed by atoms with E-state index in [2.05, 4.69) is 5.32 Å². The lowest BCUT2D eigenvalue weighted by Gasteiger charge is -2.19. The number of anilines is 2. The molecule has 0 heterocycles. The highest BCUT2D eigenvalue weighted by Gasteiger charge is 2.16. The van der Waals surface area contributed by atoms with Gasteiger partial charge in [0.15, 0.2) is 5.82 Å². The molecule has 0 fully saturated rings. The number of non-ortho nitro benzene ring substituents is 1. The van der Waals surface area contributed by atoms with Crippen molar-refractivity contribution in [2.24, 2.45) is 0 Å². The summed E-state index contributed by atoms with van der Waals surface area (Å²) in [5.41, 5.74) is -0.0404. The van der Waals surface area contributed by atoms with E-state index in [1.807, 2.05) is 0 Å². The molecule has 1 N–H and O–H groups in total. The van der Waals surface area contributed by atoms with Gasteiger partial charge in [0.1, 0.15) is 0 Å². The molecule has 0 radical (unpaired) electrons. The maximum absolute atomic E-state index is 13.9. The van der Waals surface area contributed by atoms with Gasteiger partial charge in [-0.05, 0) is 18.2 Å². The van der Waals surface area contributed by atoms with Gasteiger partial charge in [0.2, 0.25) is 5.91 Å². The van der Waals surface area contributed by atoms with Crippen molar-refractivity contribution in [1.29, 1.82) is 0 Å². The van der Waals surface area contributed by atoms with Gasteiger partial charge in [-0.25, -0.2) is 4.39 Å². The third-order valence-corrected chi connectivity index (χ3v) is 3.79. The number of likely N-dealkylation sites (N-methyl/N-ethyl adjacent to an activating group) is 1. The smallest absolute Gasteiger partial charge is 0.272 e. The summed E-state index contributed by atoms with van der Waals surface area (Å²) in [6, 6.07) is 7.99. The molecule has 24 heavy (non-hydrogen) atoms. The second-order valence-corrected chi connectivity index (χ2v) is 5.71. The fourth-order valence-corrected chi connectivity index (χ4v) is 2.51. The van der Waals surface area contributed by atoms with Crippen molar-refractivity contribution in [2.45, 2.75) is 0 Å². The van der Waals surface area contributed by atoms with E-state index in [1.165, 1.54) is 18.0 Å². The standard InChI is InChI=1S/C15H12Cl2FN3O3/c1-20(13-6-5-9(21(23)24)7-12(13)18)8-14(22)19-15-10(16)3-2-4-11(15)17/h2-7H,8H2,1H3,(H,19,22). The molecule has 2 aromatic carbocycles. The lowest BCUT2D eigenvalue weighted by molar-refractivity contribution is -0.385. The van der Waals surface area contributed by atoms with Crippen LogP contribution < -0.4 is 10.2 Å². The van der Waals surface area contributed by atoms with Crippen molar-refractivity contribution in [1.82, 2.24) is 0 Å². The average molecular weight is 372 g/mol. The number of nitro groups is 1. The predicted octanol–water partition coefficient (Wildman–Crippen LogP) is 4.12. The summed E-state index contributed by atoms with van der Waals surface area (Å²) in [6.07, 6.45) is 0. The molecule has 9 heteroatoms. The fourth-order valence-electron chi connectivity index (χ4n) is 2.02. The molecule has 0 aliphatic carbocycles. The maximum Gasteiger partial charge on any atom is 0.272 e. The van der Waals surface area contributed by atoms with Crippen molar-refractivity contribution in [2.75, 3.05) is 23.8 Å². The number of nitro benzene ring substituents is 1. The van der Waals surface area contributed by atoms with E-state index < -0.39 is 16.6 Å². The van der Waals surface area contributed by atoms with Crippen LogP contribution in [0, 0.1) is 15.9 Å². The van der Waals surface area contributed by atoms with Crippen LogP contribution in [-0.2, 0) is 4.79 Å². The number of carbonyl (C=O) groups is 1. The zero-order valence-corrected chi connectivity index (χ0v) is 13.9. The van der Waals surface area contributed by atoms with Crippen LogP contribution in [-0.4, -0.2) is 24.4 Å². The Hall–Kier alpha value is -2.38. The van der Waals surface area contributed by atoms with Crippen LogP contribution in [0.5, 0.6) is 0 Å². The first kappa shape index (κ1) is 18.0. The van der Waals surface area contributed by atoms with Gasteiger partial charge in [-0.15, -0.1) is 0 Å². The molecule has 0 bridgehead atoms. The van der Waals surface area contributed by atoms with Crippen molar-refractivity contribution in [3.63, 3.8) is 0 Å². The third kappa shape index (κ3) is 4.12. The van der Waals surface area contributed by atoms with Crippen molar-refractivity contribution >= 4 is 46.2 Å². The van der Waals surface area contributed by atoms with Crippen molar-refractivity contribution in [3.05, 3.63) is 62.4 Å². The molecule has 2 rings (SSSR count). The van der Waals surface area contributed by atoms with Crippen LogP contribution in [0.4, 0.5) is 21.5 Å². The van der Waals surface area contributed by atoms with Gasteiger partial charge in [-0.1, -0.05) is 29.3 Å². The highest BCUT2D eigenvalue weighted by atomic mass is 35.5. The Bertz CT molecular complexity index is 781. The largest absolute Gasteiger partial charge is 0.363 e. The summed E-state index contributed by atoms with van der Waals surface area (Å²) in [6.45, 7) is -0.198. The van der Waals surface area contributed by atoms with Gasteiger partial charge in [0.25, 0.3) is 5.69 Å². The van der Waals surface area contributed by atoms with Crippen LogP contribution in [0.2, 0.25) is 10.0 Å². The number of nitrogens with one attached hydrogen (secondary N) is 1. The summed E-state index contributed by atoms with van der Waals surface area (Å²) in [4.78, 5) is 23.3. The highest BCUT2D eigenvalue weighted by Crippen LogP contribution is 2.30. The number of hydrogen-bond donors (Lipinski definition) is 1. The zero-order chi connectivity index (χ0) is 17.9. The Kier molecular flexibility index (Phi) is 5.58. The molecule has 0 atom stereocenters. The molecule has 0 spiro atoms. The molecule has 6 nitrogen and oxygen atoms in total. The molecule has 0 unspecified atom stereocenters. The van der Waals surface area contributed by atoms with E-state index >= 15 is 0 Å². The van der Waals surface area contributed by atoms with E-state index in [0.29, 0.717) is 0 Å². The third-order valence-electron chi connectivity index (χ3n) is 3.16. The number of carbonyl (C=O) groups excluding carboxylic acids is 1. The molecule has 126 valence electrons. The second-order valence-electron chi connectivity index (χ2n) is 4.89. The van der Waals surface area contributed by atoms with Crippen molar-refractivity contribution < 1.29 is 14.1 Å². The number of nitrogens with zero attached hydrogens (tertiary/aromatic N) is 2. The lowest BCUT2D eigenvalue weighted by Crippen LogP contribution is -2.30. The van der Waals surface area contributed by atoms with E-state index in [0.717, 1.165) is 12.1 Å². The summed E-state index contributed by atoms with van der Waals surface area (Å²) >= 11 is 11.9. The molecule has 0 aliphatic rings. The number of benzene rings is 2. The molecular formula is C15H12Cl2FN3O3. The Morgan fingerprint density at radius 3 is 2.46 bits per heavy atom. The summed E-state index contributed by atoms with van der Waals surface area (Å²) in [5, 5.41) is 13.7. The molecule has 0 saturated carbocycles. The van der Waals surface area contributed by atoms with Crippen LogP contribution >= 0.6 is 23.2 Å². The summed E-state index contributed by atoms with van der Waals surface area (Å²) in [7, 11) is 1.48. The molecule has 0 aliphatic heterocycles. The number of amides is 1. The van der Waals surface area contributed by atoms with Gasteiger partial charge in [0.05, 0.1) is 39.0 Å². The lowest BCUT2D eigenvalue weighted by atomic mass is 10.2. The summed E-state index contributed by atoms with van der Waals surface area (Å²) < 4.78 is 13.9. The minimum Gasteiger partial charge on any atom is -0.363 e. The van der Waals surface area contributed by atoms with Gasteiger partial charge >= 0.3 is 0 Å². The number of para-hydroxylation sites is 1. The van der Waals surface area contributed by atoms with Crippen molar-refractivity contribution in [3.8, 4) is 0 Å². The average Bonchev–Trinajstić information content (AvgIpc) is 2.50. The van der Waals surface area contributed by atoms with E-state index in [9.17, 15) is 19.3 Å². The van der Waals surface area contributed by atoms with Gasteiger partial charge in [-0.2, -0.15) is 0 Å². The highest BCUT2D eigenvalue weighted by molar-refractivity contribution is 6.39. The maximum atomic E-state index is 13.9. The topological polar surface area (TPSA) is 75.5 Å². The molecule has 1 amide bonds. The van der Waals surface area contributed by atoms with E-state index in [1.54, 1.807) is 18.2 Å². The Labute approximate surface area is 146 Å². The first-order valence-electron chi connectivity index (χ1n) is 6.68. The van der Waals surface area contributed by atoms with E-state index in [4.69, 9.17) is 23.2 Å². The Balaban J connectivity index is 2.10. The normalized spacial score (nSPS) is 10.3. The van der Waals surface area contributed by atoms with Gasteiger partial charge in [0, 0.05) is 13.1 Å². The fraction of sp³-hybridized carbons (Fsp3) is 0.133. The second kappa shape index (κ2) is 7.46. The zero-order valence-electron chi connectivity index (χ0n) is 12.4. The quantitative estimate of drug-likeness (QED) is 0.633. The number of hydrogen-bond acceptors (Lipinski definition) is 4. The minimum absolute atomic E-state index is 0.0565. The number of rotatable bonds is 5. The molecule has 2 aromatic rings. The van der Waals surface area contributed by atoms with Crippen LogP contribution in [0.1, 0.15) is 0 Å². The molecular weight excluding hydrogens is 360 g/mol. The SMILES string of the molecule is CN(CC(=O)Nc1c(Cl)cccc1Cl)c1ccc([N+](=O)[O-])cc1F. The van der Waals surface area contributed by atoms with Crippen LogP contribution in [0.25, 0.3) is 0 Å². The van der Waals surface area contributed by atoms with Crippen LogP contribution in [0.15, 0.2) is 36.4 Å². The monoisotopic (exact) mass is 371 g/mol. The van der Waals surface area contributed by atoms with Crippen LogP contribution in [0.3, 0.4) is 0 Å². The van der Waals surface area contributed by atoms with Gasteiger partial charge in [-0.3, -0.25) is 14.9 Å². The van der Waals surface area contributed by atoms with E-state index in [-0.39, 0.29) is 33.7 Å². The molecule has 0 saturated heterocycles. The minimum atomic E-state index is -0.796. The van der Waals surface area contributed by atoms with Gasteiger partial charge < -0.3 is 10.2 Å². The molecule has 0 aromatic heterocycles. The Morgan fingerprint density at radius 2 is 1.92 bits per heavy atom. The summed E-state index contributed by atoms with van der Waals surface area (Å²) in [5.74, 6) is -1.26. The predicted molar refractivity (Wildman–Crippen MR) is 91.4 cm³/mol.